The molecule has 0 aliphatic carbocycles. The van der Waals surface area contributed by atoms with E-state index in [9.17, 15) is 9.59 Å². The molecular formula is C15H26N2O3. The summed E-state index contributed by atoms with van der Waals surface area (Å²) in [5, 5.41) is 8.93. The van der Waals surface area contributed by atoms with Gasteiger partial charge in [-0.25, -0.2) is 0 Å². The van der Waals surface area contributed by atoms with Crippen LogP contribution in [0.15, 0.2) is 0 Å². The molecule has 5 heteroatoms. The van der Waals surface area contributed by atoms with Gasteiger partial charge in [0.2, 0.25) is 5.91 Å². The molecule has 1 atom stereocenters. The molecule has 0 aromatic carbocycles. The van der Waals surface area contributed by atoms with Crippen LogP contribution < -0.4 is 0 Å². The standard InChI is InChI=1S/C15H26N2O3/c18-14-11-13(15(19)20)12-17(14)10-6-5-9-16-7-3-1-2-4-8-16/h13H,1-12H2,(H,19,20). The molecule has 0 bridgehead atoms. The molecule has 1 N–H and O–H groups in total. The zero-order chi connectivity index (χ0) is 14.4. The molecule has 2 rings (SSSR count). The summed E-state index contributed by atoms with van der Waals surface area (Å²) in [5.41, 5.74) is 0. The van der Waals surface area contributed by atoms with Crippen molar-refractivity contribution in [2.75, 3.05) is 32.7 Å². The summed E-state index contributed by atoms with van der Waals surface area (Å²) in [6.45, 7) is 4.66. The van der Waals surface area contributed by atoms with Crippen molar-refractivity contribution in [1.82, 2.24) is 9.80 Å². The molecule has 0 spiro atoms. The van der Waals surface area contributed by atoms with Gasteiger partial charge in [0.05, 0.1) is 5.92 Å². The Hall–Kier alpha value is -1.10. The lowest BCUT2D eigenvalue weighted by Gasteiger charge is -2.21. The second kappa shape index (κ2) is 7.62. The van der Waals surface area contributed by atoms with Crippen molar-refractivity contribution in [2.45, 2.75) is 44.9 Å². The van der Waals surface area contributed by atoms with Crippen LogP contribution in [0.3, 0.4) is 0 Å². The number of carbonyl (C=O) groups excluding carboxylic acids is 1. The fraction of sp³-hybridized carbons (Fsp3) is 0.867. The van der Waals surface area contributed by atoms with Crippen molar-refractivity contribution in [2.24, 2.45) is 5.92 Å². The second-order valence-corrected chi connectivity index (χ2v) is 6.04. The number of likely N-dealkylation sites (tertiary alicyclic amines) is 2. The van der Waals surface area contributed by atoms with Gasteiger partial charge in [-0.05, 0) is 45.3 Å². The van der Waals surface area contributed by atoms with E-state index in [0.717, 1.165) is 25.9 Å². The highest BCUT2D eigenvalue weighted by Crippen LogP contribution is 2.18. The third-order valence-corrected chi connectivity index (χ3v) is 4.41. The van der Waals surface area contributed by atoms with Crippen molar-refractivity contribution in [3.8, 4) is 0 Å². The summed E-state index contributed by atoms with van der Waals surface area (Å²) in [6.07, 6.45) is 7.60. The summed E-state index contributed by atoms with van der Waals surface area (Å²) in [7, 11) is 0. The van der Waals surface area contributed by atoms with Crippen molar-refractivity contribution >= 4 is 11.9 Å². The van der Waals surface area contributed by atoms with Crippen molar-refractivity contribution in [3.63, 3.8) is 0 Å². The molecule has 114 valence electrons. The van der Waals surface area contributed by atoms with Crippen LogP contribution >= 0.6 is 0 Å². The van der Waals surface area contributed by atoms with Gasteiger partial charge in [0.1, 0.15) is 0 Å². The first-order chi connectivity index (χ1) is 9.66. The molecule has 2 saturated heterocycles. The summed E-state index contributed by atoms with van der Waals surface area (Å²) in [5.74, 6) is -1.33. The normalized spacial score (nSPS) is 24.9. The van der Waals surface area contributed by atoms with E-state index in [1.807, 2.05) is 0 Å². The van der Waals surface area contributed by atoms with Gasteiger partial charge in [-0.2, -0.15) is 0 Å². The SMILES string of the molecule is O=C(O)C1CC(=O)N(CCCCN2CCCCCC2)C1. The van der Waals surface area contributed by atoms with E-state index in [-0.39, 0.29) is 12.3 Å². The van der Waals surface area contributed by atoms with E-state index in [1.165, 1.54) is 38.8 Å². The summed E-state index contributed by atoms with van der Waals surface area (Å²) < 4.78 is 0. The van der Waals surface area contributed by atoms with Gasteiger partial charge in [-0.3, -0.25) is 9.59 Å². The number of hydrogen-bond acceptors (Lipinski definition) is 3. The van der Waals surface area contributed by atoms with Crippen LogP contribution in [0.1, 0.15) is 44.9 Å². The lowest BCUT2D eigenvalue weighted by atomic mass is 10.1. The maximum Gasteiger partial charge on any atom is 0.308 e. The van der Waals surface area contributed by atoms with E-state index < -0.39 is 11.9 Å². The van der Waals surface area contributed by atoms with Crippen LogP contribution in [-0.2, 0) is 9.59 Å². The molecule has 0 aromatic rings. The molecule has 20 heavy (non-hydrogen) atoms. The van der Waals surface area contributed by atoms with Crippen LogP contribution in [0, 0.1) is 5.92 Å². The molecule has 0 aromatic heterocycles. The number of carbonyl (C=O) groups is 2. The number of hydrogen-bond donors (Lipinski definition) is 1. The Labute approximate surface area is 120 Å². The zero-order valence-electron chi connectivity index (χ0n) is 12.2. The molecule has 2 aliphatic heterocycles. The van der Waals surface area contributed by atoms with Crippen molar-refractivity contribution < 1.29 is 14.7 Å². The number of carboxylic acids is 1. The number of rotatable bonds is 6. The Kier molecular flexibility index (Phi) is 5.83. The predicted molar refractivity (Wildman–Crippen MR) is 76.5 cm³/mol. The first kappa shape index (κ1) is 15.3. The van der Waals surface area contributed by atoms with Crippen LogP contribution in [0.5, 0.6) is 0 Å². The van der Waals surface area contributed by atoms with E-state index >= 15 is 0 Å². The first-order valence-electron chi connectivity index (χ1n) is 7.90. The Morgan fingerprint density at radius 1 is 1.10 bits per heavy atom. The Bertz CT molecular complexity index is 338. The topological polar surface area (TPSA) is 60.9 Å². The zero-order valence-corrected chi connectivity index (χ0v) is 12.2. The largest absolute Gasteiger partial charge is 0.481 e. The molecule has 2 aliphatic rings. The van der Waals surface area contributed by atoms with Gasteiger partial charge < -0.3 is 14.9 Å². The van der Waals surface area contributed by atoms with Gasteiger partial charge in [0.25, 0.3) is 0 Å². The highest BCUT2D eigenvalue weighted by atomic mass is 16.4. The van der Waals surface area contributed by atoms with E-state index in [2.05, 4.69) is 4.90 Å². The van der Waals surface area contributed by atoms with Crippen molar-refractivity contribution in [1.29, 1.82) is 0 Å². The van der Waals surface area contributed by atoms with Gasteiger partial charge >= 0.3 is 5.97 Å². The predicted octanol–water partition coefficient (Wildman–Crippen LogP) is 1.58. The Morgan fingerprint density at radius 3 is 2.35 bits per heavy atom. The van der Waals surface area contributed by atoms with Crippen LogP contribution in [0.2, 0.25) is 0 Å². The minimum absolute atomic E-state index is 0.00664. The molecule has 0 radical (unpaired) electrons. The van der Waals surface area contributed by atoms with E-state index in [1.54, 1.807) is 4.90 Å². The fourth-order valence-corrected chi connectivity index (χ4v) is 3.15. The monoisotopic (exact) mass is 282 g/mol. The maximum absolute atomic E-state index is 11.7. The Morgan fingerprint density at radius 2 is 1.75 bits per heavy atom. The average molecular weight is 282 g/mol. The number of aliphatic carboxylic acids is 1. The number of amides is 1. The third kappa shape index (κ3) is 4.47. The molecule has 1 amide bonds. The first-order valence-corrected chi connectivity index (χ1v) is 7.90. The van der Waals surface area contributed by atoms with E-state index in [0.29, 0.717) is 6.54 Å². The highest BCUT2D eigenvalue weighted by Gasteiger charge is 2.33. The quantitative estimate of drug-likeness (QED) is 0.751. The lowest BCUT2D eigenvalue weighted by Crippen LogP contribution is -2.29. The molecule has 1 unspecified atom stereocenters. The van der Waals surface area contributed by atoms with Gasteiger partial charge in [-0.1, -0.05) is 12.8 Å². The van der Waals surface area contributed by atoms with Gasteiger partial charge in [0, 0.05) is 19.5 Å². The average Bonchev–Trinajstić information content (AvgIpc) is 2.64. The van der Waals surface area contributed by atoms with Crippen molar-refractivity contribution in [3.05, 3.63) is 0 Å². The fourth-order valence-electron chi connectivity index (χ4n) is 3.15. The summed E-state index contributed by atoms with van der Waals surface area (Å²) in [4.78, 5) is 26.8. The van der Waals surface area contributed by atoms with Gasteiger partial charge in [-0.15, -0.1) is 0 Å². The minimum atomic E-state index is -0.842. The summed E-state index contributed by atoms with van der Waals surface area (Å²) >= 11 is 0. The lowest BCUT2D eigenvalue weighted by molar-refractivity contribution is -0.141. The van der Waals surface area contributed by atoms with Crippen LogP contribution in [0.4, 0.5) is 0 Å². The second-order valence-electron chi connectivity index (χ2n) is 6.04. The third-order valence-electron chi connectivity index (χ3n) is 4.41. The van der Waals surface area contributed by atoms with Crippen LogP contribution in [-0.4, -0.2) is 59.5 Å². The molecule has 5 nitrogen and oxygen atoms in total. The maximum atomic E-state index is 11.7. The van der Waals surface area contributed by atoms with E-state index in [4.69, 9.17) is 5.11 Å². The molecule has 2 fully saturated rings. The Balaban J connectivity index is 1.61. The minimum Gasteiger partial charge on any atom is -0.481 e. The number of unbranched alkanes of at least 4 members (excludes halogenated alkanes) is 1. The number of carboxylic acid groups (broad SMARTS) is 1. The summed E-state index contributed by atoms with van der Waals surface area (Å²) in [6, 6.07) is 0. The molecule has 2 heterocycles. The molecular weight excluding hydrogens is 256 g/mol. The van der Waals surface area contributed by atoms with Crippen LogP contribution in [0.25, 0.3) is 0 Å². The van der Waals surface area contributed by atoms with Gasteiger partial charge in [0.15, 0.2) is 0 Å². The smallest absolute Gasteiger partial charge is 0.308 e. The number of nitrogens with zero attached hydrogens (tertiary/aromatic N) is 2. The highest BCUT2D eigenvalue weighted by molar-refractivity contribution is 5.86. The molecule has 0 saturated carbocycles.